The smallest absolute Gasteiger partial charge is 0.239 e. The van der Waals surface area contributed by atoms with Crippen LogP contribution >= 0.6 is 11.8 Å². The number of para-hydroxylation sites is 1. The number of anilines is 3. The van der Waals surface area contributed by atoms with Gasteiger partial charge < -0.3 is 5.32 Å². The maximum absolute atomic E-state index is 5.27. The minimum Gasteiger partial charge on any atom is -0.338 e. The highest BCUT2D eigenvalue weighted by molar-refractivity contribution is 7.99. The Morgan fingerprint density at radius 2 is 2.12 bits per heavy atom. The van der Waals surface area contributed by atoms with Crippen LogP contribution in [-0.2, 0) is 0 Å². The van der Waals surface area contributed by atoms with Crippen LogP contribution in [0.15, 0.2) is 40.3 Å². The zero-order valence-corrected chi connectivity index (χ0v) is 9.08. The van der Waals surface area contributed by atoms with Crippen LogP contribution in [0.1, 0.15) is 0 Å². The van der Waals surface area contributed by atoms with Gasteiger partial charge >= 0.3 is 0 Å². The van der Waals surface area contributed by atoms with Crippen LogP contribution in [0, 0.1) is 0 Å². The van der Waals surface area contributed by atoms with Gasteiger partial charge in [0.05, 0.1) is 10.6 Å². The van der Waals surface area contributed by atoms with E-state index in [9.17, 15) is 0 Å². The van der Waals surface area contributed by atoms with E-state index in [-0.39, 0.29) is 0 Å². The van der Waals surface area contributed by atoms with Gasteiger partial charge in [-0.1, -0.05) is 23.9 Å². The Morgan fingerprint density at radius 1 is 1.25 bits per heavy atom. The molecule has 0 radical (unpaired) electrons. The van der Waals surface area contributed by atoms with Crippen molar-refractivity contribution in [2.24, 2.45) is 5.84 Å². The summed E-state index contributed by atoms with van der Waals surface area (Å²) in [6, 6.07) is 8.07. The predicted molar refractivity (Wildman–Crippen MR) is 63.7 cm³/mol. The van der Waals surface area contributed by atoms with Gasteiger partial charge in [-0.2, -0.15) is 4.98 Å². The zero-order chi connectivity index (χ0) is 11.0. The summed E-state index contributed by atoms with van der Waals surface area (Å²) in [5.74, 6) is 6.46. The Morgan fingerprint density at radius 3 is 3.00 bits per heavy atom. The van der Waals surface area contributed by atoms with Gasteiger partial charge in [-0.25, -0.2) is 10.8 Å². The fourth-order valence-corrected chi connectivity index (χ4v) is 2.42. The Bertz CT molecular complexity index is 542. The lowest BCUT2D eigenvalue weighted by atomic mass is 10.3. The van der Waals surface area contributed by atoms with E-state index in [0.29, 0.717) is 5.95 Å². The Labute approximate surface area is 96.5 Å². The van der Waals surface area contributed by atoms with Crippen LogP contribution in [0.25, 0.3) is 0 Å². The van der Waals surface area contributed by atoms with E-state index in [1.165, 1.54) is 4.90 Å². The standard InChI is InChI=1S/C10H9N5S/c11-15-10-12-5-8-9(14-10)13-6-3-1-2-4-7(6)16-8/h1-5H,11H2,(H2,12,13,14,15). The van der Waals surface area contributed by atoms with E-state index < -0.39 is 0 Å². The summed E-state index contributed by atoms with van der Waals surface area (Å²) in [4.78, 5) is 10.5. The highest BCUT2D eigenvalue weighted by Crippen LogP contribution is 2.42. The summed E-state index contributed by atoms with van der Waals surface area (Å²) in [6.45, 7) is 0. The summed E-state index contributed by atoms with van der Waals surface area (Å²) in [7, 11) is 0. The maximum Gasteiger partial charge on any atom is 0.239 e. The van der Waals surface area contributed by atoms with E-state index in [1.807, 2.05) is 18.2 Å². The number of fused-ring (bicyclic) bond motifs is 2. The largest absolute Gasteiger partial charge is 0.338 e. The molecule has 80 valence electrons. The van der Waals surface area contributed by atoms with Gasteiger partial charge in [-0.15, -0.1) is 0 Å². The molecule has 16 heavy (non-hydrogen) atoms. The number of nitrogen functional groups attached to an aromatic ring is 1. The Balaban J connectivity index is 2.05. The molecule has 0 saturated heterocycles. The van der Waals surface area contributed by atoms with Crippen LogP contribution in [0.4, 0.5) is 17.5 Å². The van der Waals surface area contributed by atoms with Gasteiger partial charge in [-0.3, -0.25) is 5.43 Å². The molecule has 1 aromatic carbocycles. The average Bonchev–Trinajstić information content (AvgIpc) is 2.35. The molecule has 1 aromatic heterocycles. The third-order valence-electron chi connectivity index (χ3n) is 2.24. The molecule has 3 rings (SSSR count). The van der Waals surface area contributed by atoms with E-state index in [1.54, 1.807) is 18.0 Å². The highest BCUT2D eigenvalue weighted by atomic mass is 32.2. The lowest BCUT2D eigenvalue weighted by molar-refractivity contribution is 1.06. The van der Waals surface area contributed by atoms with Crippen LogP contribution in [0.2, 0.25) is 0 Å². The summed E-state index contributed by atoms with van der Waals surface area (Å²) in [6.07, 6.45) is 1.76. The number of nitrogens with two attached hydrogens (primary N) is 1. The first-order valence-electron chi connectivity index (χ1n) is 4.74. The topological polar surface area (TPSA) is 75.9 Å². The molecule has 0 bridgehead atoms. The summed E-state index contributed by atoms with van der Waals surface area (Å²) in [5.41, 5.74) is 3.49. The molecule has 0 spiro atoms. The molecule has 0 unspecified atom stereocenters. The molecule has 0 atom stereocenters. The first-order chi connectivity index (χ1) is 7.86. The molecule has 6 heteroatoms. The Hall–Kier alpha value is -1.79. The molecule has 0 fully saturated rings. The lowest BCUT2D eigenvalue weighted by Gasteiger charge is -2.19. The highest BCUT2D eigenvalue weighted by Gasteiger charge is 2.16. The first kappa shape index (κ1) is 9.44. The van der Waals surface area contributed by atoms with Crippen molar-refractivity contribution in [3.63, 3.8) is 0 Å². The van der Waals surface area contributed by atoms with Crippen molar-refractivity contribution >= 4 is 29.2 Å². The molecule has 4 N–H and O–H groups in total. The number of hydrazine groups is 1. The van der Waals surface area contributed by atoms with Crippen molar-refractivity contribution in [2.45, 2.75) is 9.79 Å². The fraction of sp³-hybridized carbons (Fsp3) is 0. The van der Waals surface area contributed by atoms with E-state index in [2.05, 4.69) is 26.8 Å². The molecule has 0 amide bonds. The van der Waals surface area contributed by atoms with Crippen molar-refractivity contribution in [3.8, 4) is 0 Å². The molecule has 1 aliphatic heterocycles. The SMILES string of the molecule is NNc1ncc2c(n1)Nc1ccccc1S2. The van der Waals surface area contributed by atoms with E-state index in [0.717, 1.165) is 16.4 Å². The molecule has 0 aliphatic carbocycles. The quantitative estimate of drug-likeness (QED) is 0.439. The normalized spacial score (nSPS) is 12.3. The van der Waals surface area contributed by atoms with Gasteiger partial charge in [-0.05, 0) is 12.1 Å². The molecule has 2 heterocycles. The van der Waals surface area contributed by atoms with Crippen LogP contribution in [-0.4, -0.2) is 9.97 Å². The maximum atomic E-state index is 5.27. The zero-order valence-electron chi connectivity index (χ0n) is 8.27. The monoisotopic (exact) mass is 231 g/mol. The number of hydrogen-bond acceptors (Lipinski definition) is 6. The van der Waals surface area contributed by atoms with Gasteiger partial charge in [0.1, 0.15) is 5.82 Å². The van der Waals surface area contributed by atoms with E-state index in [4.69, 9.17) is 5.84 Å². The average molecular weight is 231 g/mol. The molecule has 0 saturated carbocycles. The van der Waals surface area contributed by atoms with Crippen LogP contribution in [0.5, 0.6) is 0 Å². The second-order valence-corrected chi connectivity index (χ2v) is 4.36. The van der Waals surface area contributed by atoms with Crippen molar-refractivity contribution < 1.29 is 0 Å². The Kier molecular flexibility index (Phi) is 2.16. The molecular weight excluding hydrogens is 222 g/mol. The number of nitrogens with one attached hydrogen (secondary N) is 2. The molecule has 2 aromatic rings. The first-order valence-corrected chi connectivity index (χ1v) is 5.56. The van der Waals surface area contributed by atoms with Crippen LogP contribution in [0.3, 0.4) is 0 Å². The van der Waals surface area contributed by atoms with Gasteiger partial charge in [0.25, 0.3) is 0 Å². The third kappa shape index (κ3) is 1.48. The van der Waals surface area contributed by atoms with Gasteiger partial charge in [0.2, 0.25) is 5.95 Å². The fourth-order valence-electron chi connectivity index (χ4n) is 1.51. The molecular formula is C10H9N5S. The third-order valence-corrected chi connectivity index (χ3v) is 3.34. The van der Waals surface area contributed by atoms with Crippen LogP contribution < -0.4 is 16.6 Å². The second kappa shape index (κ2) is 3.66. The predicted octanol–water partition coefficient (Wildman–Crippen LogP) is 1.97. The van der Waals surface area contributed by atoms with Crippen molar-refractivity contribution in [1.82, 2.24) is 9.97 Å². The van der Waals surface area contributed by atoms with Gasteiger partial charge in [0, 0.05) is 11.1 Å². The number of aromatic nitrogens is 2. The minimum atomic E-state index is 0.409. The molecule has 1 aliphatic rings. The van der Waals surface area contributed by atoms with Crippen molar-refractivity contribution in [3.05, 3.63) is 30.5 Å². The summed E-state index contributed by atoms with van der Waals surface area (Å²) in [5, 5.41) is 3.25. The number of benzene rings is 1. The second-order valence-electron chi connectivity index (χ2n) is 3.27. The minimum absolute atomic E-state index is 0.409. The van der Waals surface area contributed by atoms with Gasteiger partial charge in [0.15, 0.2) is 0 Å². The molecule has 5 nitrogen and oxygen atoms in total. The van der Waals surface area contributed by atoms with Crippen molar-refractivity contribution in [1.29, 1.82) is 0 Å². The number of nitrogens with zero attached hydrogens (tertiary/aromatic N) is 2. The summed E-state index contributed by atoms with van der Waals surface area (Å²) < 4.78 is 0. The number of rotatable bonds is 1. The number of hydrogen-bond donors (Lipinski definition) is 3. The van der Waals surface area contributed by atoms with E-state index >= 15 is 0 Å². The van der Waals surface area contributed by atoms with Crippen molar-refractivity contribution in [2.75, 3.05) is 10.7 Å². The lowest BCUT2D eigenvalue weighted by Crippen LogP contribution is -2.12. The summed E-state index contributed by atoms with van der Waals surface area (Å²) >= 11 is 1.65.